The van der Waals surface area contributed by atoms with Crippen molar-refractivity contribution in [1.82, 2.24) is 4.90 Å². The van der Waals surface area contributed by atoms with Gasteiger partial charge in [0.1, 0.15) is 13.2 Å². The number of carbonyl (C=O) groups excluding carboxylic acids is 3. The summed E-state index contributed by atoms with van der Waals surface area (Å²) >= 11 is 3.44. The summed E-state index contributed by atoms with van der Waals surface area (Å²) in [4.78, 5) is 40.2. The zero-order chi connectivity index (χ0) is 29.9. The normalized spacial score (nSPS) is 14.2. The standard InChI is InChI=1S/C32H35BrN2O7/c1-22(24-8-5-9-25(18-24)30(36)23-6-3-2-4-7-23)31(37)41-16-14-40-15-17-42-32(38)26-19-27(29(34)28(33)20-26)21-35-10-12-39-13-11-35/h2-9,18-20,22H,10-17,21,34H2,1H3. The third kappa shape index (κ3) is 8.72. The van der Waals surface area contributed by atoms with Crippen LogP contribution in [0.1, 0.15) is 50.2 Å². The quantitative estimate of drug-likeness (QED) is 0.124. The Kier molecular flexibility index (Phi) is 11.7. The third-order valence-electron chi connectivity index (χ3n) is 6.92. The molecule has 1 aliphatic heterocycles. The Hall–Kier alpha value is -3.57. The molecule has 0 saturated carbocycles. The third-order valence-corrected chi connectivity index (χ3v) is 7.58. The van der Waals surface area contributed by atoms with Crippen LogP contribution >= 0.6 is 15.9 Å². The number of ketones is 1. The van der Waals surface area contributed by atoms with Crippen LogP contribution in [0, 0.1) is 0 Å². The van der Waals surface area contributed by atoms with Crippen molar-refractivity contribution in [3.63, 3.8) is 0 Å². The average Bonchev–Trinajstić information content (AvgIpc) is 3.02. The number of carbonyl (C=O) groups is 3. The van der Waals surface area contributed by atoms with Crippen molar-refractivity contribution in [1.29, 1.82) is 0 Å². The number of ether oxygens (including phenoxy) is 4. The first-order valence-electron chi connectivity index (χ1n) is 13.8. The first-order chi connectivity index (χ1) is 20.3. The second kappa shape index (κ2) is 15.6. The van der Waals surface area contributed by atoms with Crippen LogP contribution in [0.15, 0.2) is 71.2 Å². The maximum atomic E-state index is 12.8. The Labute approximate surface area is 254 Å². The number of nitrogens with zero attached hydrogens (tertiary/aromatic N) is 1. The number of anilines is 1. The Morgan fingerprint density at radius 3 is 2.31 bits per heavy atom. The van der Waals surface area contributed by atoms with E-state index >= 15 is 0 Å². The Bertz CT molecular complexity index is 1380. The predicted octanol–water partition coefficient (Wildman–Crippen LogP) is 4.61. The second-order valence-corrected chi connectivity index (χ2v) is 10.7. The van der Waals surface area contributed by atoms with Crippen molar-refractivity contribution in [2.45, 2.75) is 19.4 Å². The lowest BCUT2D eigenvalue weighted by Crippen LogP contribution is -2.35. The number of nitrogen functional groups attached to an aromatic ring is 1. The molecule has 0 radical (unpaired) electrons. The average molecular weight is 640 g/mol. The van der Waals surface area contributed by atoms with E-state index in [1.165, 1.54) is 0 Å². The molecular formula is C32H35BrN2O7. The topological polar surface area (TPSA) is 117 Å². The minimum absolute atomic E-state index is 0.0478. The molecule has 0 spiro atoms. The van der Waals surface area contributed by atoms with Gasteiger partial charge in [-0.3, -0.25) is 14.5 Å². The highest BCUT2D eigenvalue weighted by molar-refractivity contribution is 9.10. The largest absolute Gasteiger partial charge is 0.463 e. The monoisotopic (exact) mass is 638 g/mol. The highest BCUT2D eigenvalue weighted by Crippen LogP contribution is 2.27. The smallest absolute Gasteiger partial charge is 0.338 e. The van der Waals surface area contributed by atoms with Gasteiger partial charge in [-0.1, -0.05) is 48.5 Å². The van der Waals surface area contributed by atoms with E-state index in [0.29, 0.717) is 52.2 Å². The highest BCUT2D eigenvalue weighted by atomic mass is 79.9. The second-order valence-electron chi connectivity index (χ2n) is 9.88. The van der Waals surface area contributed by atoms with Gasteiger partial charge in [-0.2, -0.15) is 0 Å². The van der Waals surface area contributed by atoms with E-state index in [2.05, 4.69) is 20.8 Å². The Morgan fingerprint density at radius 2 is 1.57 bits per heavy atom. The lowest BCUT2D eigenvalue weighted by molar-refractivity contribution is -0.146. The molecule has 0 amide bonds. The summed E-state index contributed by atoms with van der Waals surface area (Å²) in [6.07, 6.45) is 0. The lowest BCUT2D eigenvalue weighted by Gasteiger charge is -2.27. The van der Waals surface area contributed by atoms with Gasteiger partial charge in [0, 0.05) is 35.2 Å². The minimum atomic E-state index is -0.554. The summed E-state index contributed by atoms with van der Waals surface area (Å²) < 4.78 is 22.2. The van der Waals surface area contributed by atoms with Gasteiger partial charge in [0.05, 0.1) is 43.6 Å². The summed E-state index contributed by atoms with van der Waals surface area (Å²) in [5.41, 5.74) is 9.85. The fourth-order valence-electron chi connectivity index (χ4n) is 4.47. The van der Waals surface area contributed by atoms with Crippen molar-refractivity contribution < 1.29 is 33.3 Å². The molecule has 222 valence electrons. The molecule has 1 fully saturated rings. The number of nitrogens with two attached hydrogens (primary N) is 1. The first-order valence-corrected chi connectivity index (χ1v) is 14.6. The molecule has 0 aromatic heterocycles. The van der Waals surface area contributed by atoms with E-state index in [1.807, 2.05) is 18.2 Å². The molecule has 10 heteroatoms. The number of rotatable bonds is 13. The lowest BCUT2D eigenvalue weighted by atomic mass is 9.96. The van der Waals surface area contributed by atoms with E-state index in [4.69, 9.17) is 24.7 Å². The van der Waals surface area contributed by atoms with Crippen molar-refractivity contribution in [3.05, 3.63) is 99.0 Å². The zero-order valence-corrected chi connectivity index (χ0v) is 25.1. The van der Waals surface area contributed by atoms with Crippen LogP contribution in [0.3, 0.4) is 0 Å². The Morgan fingerprint density at radius 1 is 0.881 bits per heavy atom. The molecule has 1 heterocycles. The molecule has 42 heavy (non-hydrogen) atoms. The van der Waals surface area contributed by atoms with Gasteiger partial charge in [-0.05, 0) is 52.2 Å². The number of benzene rings is 3. The van der Waals surface area contributed by atoms with Gasteiger partial charge in [-0.15, -0.1) is 0 Å². The van der Waals surface area contributed by atoms with Crippen LogP contribution in [-0.4, -0.2) is 75.4 Å². The van der Waals surface area contributed by atoms with Gasteiger partial charge >= 0.3 is 11.9 Å². The highest BCUT2D eigenvalue weighted by Gasteiger charge is 2.19. The molecule has 1 saturated heterocycles. The number of morpholine rings is 1. The number of hydrogen-bond donors (Lipinski definition) is 1. The summed E-state index contributed by atoms with van der Waals surface area (Å²) in [7, 11) is 0. The van der Waals surface area contributed by atoms with Gasteiger partial charge in [-0.25, -0.2) is 4.79 Å². The first kappa shape index (κ1) is 31.4. The SMILES string of the molecule is CC(C(=O)OCCOCCOC(=O)c1cc(Br)c(N)c(CN2CCOCC2)c1)c1cccc(C(=O)c2ccccc2)c1. The van der Waals surface area contributed by atoms with Crippen molar-refractivity contribution in [2.24, 2.45) is 0 Å². The fourth-order valence-corrected chi connectivity index (χ4v) is 4.97. The number of esters is 2. The van der Waals surface area contributed by atoms with Crippen LogP contribution in [-0.2, 0) is 30.3 Å². The molecule has 0 aliphatic carbocycles. The van der Waals surface area contributed by atoms with Gasteiger partial charge in [0.2, 0.25) is 0 Å². The van der Waals surface area contributed by atoms with Crippen LogP contribution in [0.4, 0.5) is 5.69 Å². The van der Waals surface area contributed by atoms with Crippen molar-refractivity contribution in [2.75, 3.05) is 58.5 Å². The van der Waals surface area contributed by atoms with E-state index in [1.54, 1.807) is 55.5 Å². The maximum Gasteiger partial charge on any atom is 0.338 e. The summed E-state index contributed by atoms with van der Waals surface area (Å²) in [6.45, 7) is 5.71. The molecule has 0 bridgehead atoms. The van der Waals surface area contributed by atoms with E-state index in [-0.39, 0.29) is 32.2 Å². The molecule has 3 aromatic carbocycles. The van der Waals surface area contributed by atoms with Crippen LogP contribution < -0.4 is 5.73 Å². The van der Waals surface area contributed by atoms with Gasteiger partial charge < -0.3 is 24.7 Å². The molecule has 9 nitrogen and oxygen atoms in total. The molecule has 1 aliphatic rings. The van der Waals surface area contributed by atoms with E-state index < -0.39 is 17.9 Å². The predicted molar refractivity (Wildman–Crippen MR) is 161 cm³/mol. The van der Waals surface area contributed by atoms with Crippen LogP contribution in [0.2, 0.25) is 0 Å². The molecule has 1 atom stereocenters. The number of hydrogen-bond acceptors (Lipinski definition) is 9. The van der Waals surface area contributed by atoms with Crippen molar-refractivity contribution >= 4 is 39.3 Å². The zero-order valence-electron chi connectivity index (χ0n) is 23.6. The van der Waals surface area contributed by atoms with Gasteiger partial charge in [0.15, 0.2) is 5.78 Å². The Balaban J connectivity index is 1.17. The van der Waals surface area contributed by atoms with Crippen LogP contribution in [0.25, 0.3) is 0 Å². The molecule has 2 N–H and O–H groups in total. The summed E-state index contributed by atoms with van der Waals surface area (Å²) in [5.74, 6) is -1.56. The van der Waals surface area contributed by atoms with Crippen molar-refractivity contribution in [3.8, 4) is 0 Å². The summed E-state index contributed by atoms with van der Waals surface area (Å²) in [6, 6.07) is 19.4. The molecule has 4 rings (SSSR count). The van der Waals surface area contributed by atoms with Crippen LogP contribution in [0.5, 0.6) is 0 Å². The van der Waals surface area contributed by atoms with E-state index in [0.717, 1.165) is 18.7 Å². The fraction of sp³-hybridized carbons (Fsp3) is 0.344. The molecule has 1 unspecified atom stereocenters. The summed E-state index contributed by atoms with van der Waals surface area (Å²) in [5, 5.41) is 0. The number of halogens is 1. The minimum Gasteiger partial charge on any atom is -0.463 e. The molecular weight excluding hydrogens is 604 g/mol. The molecule has 3 aromatic rings. The maximum absolute atomic E-state index is 12.8. The van der Waals surface area contributed by atoms with Gasteiger partial charge in [0.25, 0.3) is 0 Å². The van der Waals surface area contributed by atoms with E-state index in [9.17, 15) is 14.4 Å².